The number of methoxy groups -OCH3 is 2. The van der Waals surface area contributed by atoms with Crippen LogP contribution in [0.4, 0.5) is 4.39 Å². The number of hydrogen-bond acceptors (Lipinski definition) is 5. The van der Waals surface area contributed by atoms with Gasteiger partial charge in [0.15, 0.2) is 11.5 Å². The Morgan fingerprint density at radius 2 is 1.97 bits per heavy atom. The van der Waals surface area contributed by atoms with E-state index in [1.165, 1.54) is 26.4 Å². The van der Waals surface area contributed by atoms with Crippen LogP contribution in [-0.2, 0) is 6.54 Å². The first-order chi connectivity index (χ1) is 13.6. The Labute approximate surface area is 176 Å². The van der Waals surface area contributed by atoms with Crippen molar-refractivity contribution in [2.24, 2.45) is 0 Å². The van der Waals surface area contributed by atoms with E-state index in [1.807, 2.05) is 18.2 Å². The summed E-state index contributed by atoms with van der Waals surface area (Å²) in [5.74, 6) is -0.407. The van der Waals surface area contributed by atoms with Crippen LogP contribution in [0.15, 0.2) is 36.5 Å². The quantitative estimate of drug-likeness (QED) is 0.771. The summed E-state index contributed by atoms with van der Waals surface area (Å²) in [6.45, 7) is 2.08. The molecule has 158 valence electrons. The summed E-state index contributed by atoms with van der Waals surface area (Å²) in [7, 11) is 2.90. The number of nitrogens with one attached hydrogen (secondary N) is 1. The van der Waals surface area contributed by atoms with Crippen LogP contribution in [0.5, 0.6) is 11.5 Å². The second-order valence-electron chi connectivity index (χ2n) is 6.78. The molecule has 29 heavy (non-hydrogen) atoms. The lowest BCUT2D eigenvalue weighted by molar-refractivity contribution is 0.0637. The van der Waals surface area contributed by atoms with Gasteiger partial charge in [0, 0.05) is 18.3 Å². The SMILES string of the molecule is COc1cc(F)c(C(=O)N(Cc2ccccn2)C2CCCNCC2)cc1OC.Cl. The third-order valence-electron chi connectivity index (χ3n) is 5.01. The zero-order valence-electron chi connectivity index (χ0n) is 16.7. The third kappa shape index (κ3) is 5.58. The molecule has 1 aromatic heterocycles. The fraction of sp³-hybridized carbons (Fsp3) is 0.429. The summed E-state index contributed by atoms with van der Waals surface area (Å²) < 4.78 is 25.1. The molecule has 1 saturated heterocycles. The first-order valence-corrected chi connectivity index (χ1v) is 9.47. The van der Waals surface area contributed by atoms with E-state index in [2.05, 4.69) is 10.3 Å². The van der Waals surface area contributed by atoms with Crippen molar-refractivity contribution < 1.29 is 18.7 Å². The second kappa shape index (κ2) is 11.0. The molecule has 1 aliphatic rings. The van der Waals surface area contributed by atoms with Crippen LogP contribution in [0, 0.1) is 5.82 Å². The number of carbonyl (C=O) groups excluding carboxylic acids is 1. The summed E-state index contributed by atoms with van der Waals surface area (Å²) in [6.07, 6.45) is 4.34. The standard InChI is InChI=1S/C21H26FN3O3.ClH/c1-27-19-12-17(18(22)13-20(19)28-2)21(26)25(14-15-6-3-4-10-24-15)16-7-5-9-23-11-8-16;/h3-4,6,10,12-13,16,23H,5,7-9,11,14H2,1-2H3;1H. The maximum absolute atomic E-state index is 14.7. The largest absolute Gasteiger partial charge is 0.493 e. The Bertz CT molecular complexity index is 799. The Hall–Kier alpha value is -2.38. The van der Waals surface area contributed by atoms with Crippen LogP contribution in [0.3, 0.4) is 0 Å². The van der Waals surface area contributed by atoms with Gasteiger partial charge in [-0.05, 0) is 50.6 Å². The van der Waals surface area contributed by atoms with Crippen LogP contribution in [-0.4, -0.2) is 49.1 Å². The number of halogens is 2. The molecule has 0 bridgehead atoms. The fourth-order valence-corrected chi connectivity index (χ4v) is 3.52. The van der Waals surface area contributed by atoms with Gasteiger partial charge in [0.05, 0.1) is 32.0 Å². The van der Waals surface area contributed by atoms with E-state index in [-0.39, 0.29) is 35.7 Å². The van der Waals surface area contributed by atoms with Crippen LogP contribution in [0.1, 0.15) is 35.3 Å². The van der Waals surface area contributed by atoms with Crippen molar-refractivity contribution in [2.45, 2.75) is 31.8 Å². The monoisotopic (exact) mass is 423 g/mol. The fourth-order valence-electron chi connectivity index (χ4n) is 3.52. The average molecular weight is 424 g/mol. The molecule has 0 radical (unpaired) electrons. The number of rotatable bonds is 6. The molecule has 2 heterocycles. The molecule has 1 atom stereocenters. The highest BCUT2D eigenvalue weighted by atomic mass is 35.5. The summed E-state index contributed by atoms with van der Waals surface area (Å²) in [6, 6.07) is 8.21. The van der Waals surface area contributed by atoms with Crippen LogP contribution >= 0.6 is 12.4 Å². The molecular formula is C21H27ClFN3O3. The average Bonchev–Trinajstić information content (AvgIpc) is 3.01. The van der Waals surface area contributed by atoms with Crippen LogP contribution in [0.2, 0.25) is 0 Å². The molecule has 6 nitrogen and oxygen atoms in total. The highest BCUT2D eigenvalue weighted by Gasteiger charge is 2.29. The summed E-state index contributed by atoms with van der Waals surface area (Å²) in [5.41, 5.74) is 0.750. The van der Waals surface area contributed by atoms with Gasteiger partial charge in [0.25, 0.3) is 5.91 Å². The first-order valence-electron chi connectivity index (χ1n) is 9.47. The number of amides is 1. The predicted octanol–water partition coefficient (Wildman–Crippen LogP) is 3.44. The summed E-state index contributed by atoms with van der Waals surface area (Å²) in [4.78, 5) is 19.5. The van der Waals surface area contributed by atoms with E-state index >= 15 is 0 Å². The summed E-state index contributed by atoms with van der Waals surface area (Å²) in [5, 5.41) is 3.36. The smallest absolute Gasteiger partial charge is 0.257 e. The minimum absolute atomic E-state index is 0. The van der Waals surface area contributed by atoms with Crippen molar-refractivity contribution in [1.82, 2.24) is 15.2 Å². The maximum Gasteiger partial charge on any atom is 0.257 e. The molecule has 1 amide bonds. The Balaban J connectivity index is 0.00000300. The molecule has 1 aliphatic heterocycles. The van der Waals surface area contributed by atoms with Gasteiger partial charge >= 0.3 is 0 Å². The van der Waals surface area contributed by atoms with Gasteiger partial charge in [-0.3, -0.25) is 9.78 Å². The normalized spacial score (nSPS) is 16.3. The molecule has 1 unspecified atom stereocenters. The number of hydrogen-bond donors (Lipinski definition) is 1. The van der Waals surface area contributed by atoms with Gasteiger partial charge in [-0.15, -0.1) is 12.4 Å². The second-order valence-corrected chi connectivity index (χ2v) is 6.78. The Morgan fingerprint density at radius 1 is 1.21 bits per heavy atom. The van der Waals surface area contributed by atoms with Crippen molar-refractivity contribution in [1.29, 1.82) is 0 Å². The minimum atomic E-state index is -0.625. The molecule has 3 rings (SSSR count). The zero-order valence-corrected chi connectivity index (χ0v) is 17.5. The van der Waals surface area contributed by atoms with Gasteiger partial charge < -0.3 is 19.7 Å². The highest BCUT2D eigenvalue weighted by Crippen LogP contribution is 2.31. The number of benzene rings is 1. The molecule has 1 N–H and O–H groups in total. The van der Waals surface area contributed by atoms with Gasteiger partial charge in [0.1, 0.15) is 5.82 Å². The first kappa shape index (κ1) is 22.9. The van der Waals surface area contributed by atoms with Crippen LogP contribution in [0.25, 0.3) is 0 Å². The highest BCUT2D eigenvalue weighted by molar-refractivity contribution is 5.95. The number of aromatic nitrogens is 1. The Morgan fingerprint density at radius 3 is 2.66 bits per heavy atom. The van der Waals surface area contributed by atoms with Crippen molar-refractivity contribution in [2.75, 3.05) is 27.3 Å². The number of pyridine rings is 1. The molecule has 1 aromatic carbocycles. The van der Waals surface area contributed by atoms with E-state index < -0.39 is 5.82 Å². The van der Waals surface area contributed by atoms with Gasteiger partial charge in [-0.25, -0.2) is 4.39 Å². The van der Waals surface area contributed by atoms with Gasteiger partial charge in [-0.2, -0.15) is 0 Å². The van der Waals surface area contributed by atoms with Crippen LogP contribution < -0.4 is 14.8 Å². The maximum atomic E-state index is 14.7. The Kier molecular flexibility index (Phi) is 8.67. The molecule has 0 saturated carbocycles. The van der Waals surface area contributed by atoms with Crippen molar-refractivity contribution in [3.8, 4) is 11.5 Å². The molecule has 8 heteroatoms. The van der Waals surface area contributed by atoms with E-state index in [9.17, 15) is 9.18 Å². The van der Waals surface area contributed by atoms with E-state index in [0.717, 1.165) is 38.0 Å². The van der Waals surface area contributed by atoms with E-state index in [4.69, 9.17) is 9.47 Å². The number of ether oxygens (including phenoxy) is 2. The number of nitrogens with zero attached hydrogens (tertiary/aromatic N) is 2. The molecule has 2 aromatic rings. The lowest BCUT2D eigenvalue weighted by atomic mass is 10.0. The van der Waals surface area contributed by atoms with Crippen molar-refractivity contribution >= 4 is 18.3 Å². The number of carbonyl (C=O) groups is 1. The third-order valence-corrected chi connectivity index (χ3v) is 5.01. The lowest BCUT2D eigenvalue weighted by Crippen LogP contribution is -2.41. The van der Waals surface area contributed by atoms with Crippen molar-refractivity contribution in [3.63, 3.8) is 0 Å². The van der Waals surface area contributed by atoms with Gasteiger partial charge in [-0.1, -0.05) is 6.07 Å². The molecular weight excluding hydrogens is 397 g/mol. The van der Waals surface area contributed by atoms with Crippen molar-refractivity contribution in [3.05, 3.63) is 53.6 Å². The predicted molar refractivity (Wildman–Crippen MR) is 111 cm³/mol. The molecule has 0 aliphatic carbocycles. The topological polar surface area (TPSA) is 63.7 Å². The minimum Gasteiger partial charge on any atom is -0.493 e. The van der Waals surface area contributed by atoms with E-state index in [1.54, 1.807) is 11.1 Å². The lowest BCUT2D eigenvalue weighted by Gasteiger charge is -2.31. The zero-order chi connectivity index (χ0) is 19.9. The van der Waals surface area contributed by atoms with Gasteiger partial charge in [0.2, 0.25) is 0 Å². The summed E-state index contributed by atoms with van der Waals surface area (Å²) >= 11 is 0. The van der Waals surface area contributed by atoms with E-state index in [0.29, 0.717) is 12.3 Å². The molecule has 1 fully saturated rings. The molecule has 0 spiro atoms.